The van der Waals surface area contributed by atoms with Crippen molar-refractivity contribution < 1.29 is 18.0 Å². The molecule has 0 aromatic heterocycles. The predicted octanol–water partition coefficient (Wildman–Crippen LogP) is 2.53. The molecule has 2 rings (SSSR count). The van der Waals surface area contributed by atoms with Crippen molar-refractivity contribution >= 4 is 11.6 Å². The summed E-state index contributed by atoms with van der Waals surface area (Å²) in [7, 11) is 0. The van der Waals surface area contributed by atoms with E-state index >= 15 is 0 Å². The van der Waals surface area contributed by atoms with Crippen LogP contribution in [-0.4, -0.2) is 30.4 Å². The van der Waals surface area contributed by atoms with Gasteiger partial charge in [0.05, 0.1) is 12.2 Å². The highest BCUT2D eigenvalue weighted by atomic mass is 19.2. The Balaban J connectivity index is 1.97. The molecule has 1 saturated heterocycles. The van der Waals surface area contributed by atoms with Crippen LogP contribution in [0.2, 0.25) is 0 Å². The van der Waals surface area contributed by atoms with Gasteiger partial charge in [-0.2, -0.15) is 0 Å². The van der Waals surface area contributed by atoms with E-state index in [0.717, 1.165) is 44.5 Å². The molecule has 1 fully saturated rings. The average Bonchev–Trinajstić information content (AvgIpc) is 2.41. The largest absolute Gasteiger partial charge is 0.322 e. The maximum atomic E-state index is 13.4. The van der Waals surface area contributed by atoms with Crippen molar-refractivity contribution in [2.45, 2.75) is 19.3 Å². The number of nitrogens with one attached hydrogen (secondary N) is 1. The molecule has 1 N–H and O–H groups in total. The fourth-order valence-electron chi connectivity index (χ4n) is 2.13. The third-order valence-corrected chi connectivity index (χ3v) is 3.13. The molecule has 19 heavy (non-hydrogen) atoms. The first-order chi connectivity index (χ1) is 9.08. The molecule has 0 spiro atoms. The van der Waals surface area contributed by atoms with Crippen LogP contribution in [0.25, 0.3) is 0 Å². The highest BCUT2D eigenvalue weighted by Gasteiger charge is 2.17. The Kier molecular flexibility index (Phi) is 4.42. The molecule has 1 aliphatic heterocycles. The van der Waals surface area contributed by atoms with Gasteiger partial charge in [0.2, 0.25) is 5.91 Å². The van der Waals surface area contributed by atoms with Gasteiger partial charge < -0.3 is 5.32 Å². The normalized spacial score (nSPS) is 16.4. The zero-order valence-electron chi connectivity index (χ0n) is 10.4. The van der Waals surface area contributed by atoms with Gasteiger partial charge in [0.1, 0.15) is 0 Å². The Bertz CT molecular complexity index is 473. The molecule has 0 atom stereocenters. The molecule has 1 aliphatic rings. The quantitative estimate of drug-likeness (QED) is 0.858. The van der Waals surface area contributed by atoms with E-state index in [1.165, 1.54) is 0 Å². The maximum absolute atomic E-state index is 13.4. The molecule has 0 aliphatic carbocycles. The fraction of sp³-hybridized carbons (Fsp3) is 0.462. The molecule has 104 valence electrons. The van der Waals surface area contributed by atoms with Gasteiger partial charge in [-0.3, -0.25) is 9.69 Å². The molecule has 1 amide bonds. The van der Waals surface area contributed by atoms with Gasteiger partial charge in [-0.25, -0.2) is 13.2 Å². The van der Waals surface area contributed by atoms with Crippen LogP contribution in [0.5, 0.6) is 0 Å². The summed E-state index contributed by atoms with van der Waals surface area (Å²) in [5, 5.41) is 2.26. The number of amides is 1. The number of benzene rings is 1. The van der Waals surface area contributed by atoms with Crippen LogP contribution in [0.3, 0.4) is 0 Å². The Hall–Kier alpha value is -1.56. The van der Waals surface area contributed by atoms with Crippen LogP contribution in [-0.2, 0) is 4.79 Å². The third-order valence-electron chi connectivity index (χ3n) is 3.13. The van der Waals surface area contributed by atoms with Gasteiger partial charge in [-0.1, -0.05) is 6.42 Å². The van der Waals surface area contributed by atoms with E-state index in [-0.39, 0.29) is 12.2 Å². The number of rotatable bonds is 3. The van der Waals surface area contributed by atoms with Crippen molar-refractivity contribution in [3.05, 3.63) is 29.6 Å². The summed E-state index contributed by atoms with van der Waals surface area (Å²) in [6.07, 6.45) is 3.22. The maximum Gasteiger partial charge on any atom is 0.238 e. The monoisotopic (exact) mass is 272 g/mol. The number of nitrogens with zero attached hydrogens (tertiary/aromatic N) is 1. The summed E-state index contributed by atoms with van der Waals surface area (Å²) in [6, 6.07) is 1.80. The minimum atomic E-state index is -1.57. The standard InChI is InChI=1S/C13H15F3N2O/c14-9-4-5-10(13(16)12(9)15)17-11(19)8-18-6-2-1-3-7-18/h4-5H,1-3,6-8H2,(H,17,19). The van der Waals surface area contributed by atoms with Crippen molar-refractivity contribution in [3.63, 3.8) is 0 Å². The SMILES string of the molecule is O=C(CN1CCCCC1)Nc1ccc(F)c(F)c1F. The first-order valence-corrected chi connectivity index (χ1v) is 6.23. The third kappa shape index (κ3) is 3.47. The average molecular weight is 272 g/mol. The Morgan fingerprint density at radius 2 is 1.79 bits per heavy atom. The van der Waals surface area contributed by atoms with Crippen molar-refractivity contribution in [1.29, 1.82) is 0 Å². The van der Waals surface area contributed by atoms with Gasteiger partial charge in [0.25, 0.3) is 0 Å². The Morgan fingerprint density at radius 3 is 2.47 bits per heavy atom. The van der Waals surface area contributed by atoms with E-state index in [9.17, 15) is 18.0 Å². The number of carbonyl (C=O) groups is 1. The highest BCUT2D eigenvalue weighted by molar-refractivity contribution is 5.92. The van der Waals surface area contributed by atoms with Gasteiger partial charge >= 0.3 is 0 Å². The number of anilines is 1. The molecule has 0 saturated carbocycles. The summed E-state index contributed by atoms with van der Waals surface area (Å²) < 4.78 is 39.1. The molecule has 3 nitrogen and oxygen atoms in total. The van der Waals surface area contributed by atoms with Crippen molar-refractivity contribution in [3.8, 4) is 0 Å². The van der Waals surface area contributed by atoms with E-state index in [1.807, 2.05) is 4.90 Å². The molecule has 0 bridgehead atoms. The lowest BCUT2D eigenvalue weighted by atomic mass is 10.1. The van der Waals surface area contributed by atoms with E-state index in [1.54, 1.807) is 0 Å². The van der Waals surface area contributed by atoms with Crippen LogP contribution in [0.1, 0.15) is 19.3 Å². The number of hydrogen-bond acceptors (Lipinski definition) is 2. The van der Waals surface area contributed by atoms with E-state index in [4.69, 9.17) is 0 Å². The summed E-state index contributed by atoms with van der Waals surface area (Å²) in [4.78, 5) is 13.6. The molecule has 6 heteroatoms. The minimum Gasteiger partial charge on any atom is -0.322 e. The zero-order chi connectivity index (χ0) is 13.8. The predicted molar refractivity (Wildman–Crippen MR) is 65.2 cm³/mol. The molecule has 1 heterocycles. The first kappa shape index (κ1) is 13.9. The summed E-state index contributed by atoms with van der Waals surface area (Å²) in [6.45, 7) is 1.79. The van der Waals surface area contributed by atoms with E-state index in [2.05, 4.69) is 5.32 Å². The Labute approximate surface area is 109 Å². The number of likely N-dealkylation sites (tertiary alicyclic amines) is 1. The van der Waals surface area contributed by atoms with Crippen LogP contribution in [0.15, 0.2) is 12.1 Å². The zero-order valence-corrected chi connectivity index (χ0v) is 10.4. The number of hydrogen-bond donors (Lipinski definition) is 1. The van der Waals surface area contributed by atoms with Crippen molar-refractivity contribution in [2.24, 2.45) is 0 Å². The lowest BCUT2D eigenvalue weighted by Gasteiger charge is -2.25. The topological polar surface area (TPSA) is 32.3 Å². The minimum absolute atomic E-state index is 0.137. The van der Waals surface area contributed by atoms with Crippen LogP contribution < -0.4 is 5.32 Å². The summed E-state index contributed by atoms with van der Waals surface area (Å²) in [5.74, 6) is -4.64. The second kappa shape index (κ2) is 6.06. The van der Waals surface area contributed by atoms with Crippen molar-refractivity contribution in [1.82, 2.24) is 4.90 Å². The highest BCUT2D eigenvalue weighted by Crippen LogP contribution is 2.19. The van der Waals surface area contributed by atoms with Gasteiger partial charge in [-0.05, 0) is 38.1 Å². The van der Waals surface area contributed by atoms with Crippen molar-refractivity contribution in [2.75, 3.05) is 25.0 Å². The molecular formula is C13H15F3N2O. The van der Waals surface area contributed by atoms with Gasteiger partial charge in [-0.15, -0.1) is 0 Å². The number of piperidine rings is 1. The smallest absolute Gasteiger partial charge is 0.238 e. The molecule has 0 unspecified atom stereocenters. The molecule has 1 aromatic carbocycles. The fourth-order valence-corrected chi connectivity index (χ4v) is 2.13. The summed E-state index contributed by atoms with van der Waals surface area (Å²) in [5.41, 5.74) is -0.332. The Morgan fingerprint density at radius 1 is 1.11 bits per heavy atom. The summed E-state index contributed by atoms with van der Waals surface area (Å²) >= 11 is 0. The second-order valence-corrected chi connectivity index (χ2v) is 4.61. The second-order valence-electron chi connectivity index (χ2n) is 4.61. The number of carbonyl (C=O) groups excluding carboxylic acids is 1. The lowest BCUT2D eigenvalue weighted by molar-refractivity contribution is -0.117. The number of halogens is 3. The first-order valence-electron chi connectivity index (χ1n) is 6.23. The molecular weight excluding hydrogens is 257 g/mol. The van der Waals surface area contributed by atoms with E-state index in [0.29, 0.717) is 0 Å². The van der Waals surface area contributed by atoms with Gasteiger partial charge in [0, 0.05) is 0 Å². The van der Waals surface area contributed by atoms with E-state index < -0.39 is 23.4 Å². The van der Waals surface area contributed by atoms with Crippen LogP contribution >= 0.6 is 0 Å². The molecule has 1 aromatic rings. The molecule has 0 radical (unpaired) electrons. The lowest BCUT2D eigenvalue weighted by Crippen LogP contribution is -2.37. The van der Waals surface area contributed by atoms with Crippen LogP contribution in [0, 0.1) is 17.5 Å². The van der Waals surface area contributed by atoms with Gasteiger partial charge in [0.15, 0.2) is 17.5 Å². The van der Waals surface area contributed by atoms with Crippen LogP contribution in [0.4, 0.5) is 18.9 Å².